The molecule has 0 aliphatic carbocycles. The molecule has 4 heteroatoms. The first-order chi connectivity index (χ1) is 15.3. The Morgan fingerprint density at radius 1 is 0.774 bits per heavy atom. The van der Waals surface area contributed by atoms with Gasteiger partial charge in [0.15, 0.2) is 0 Å². The zero-order valence-corrected chi connectivity index (χ0v) is 17.5. The number of hydrogen-bond acceptors (Lipinski definition) is 3. The summed E-state index contributed by atoms with van der Waals surface area (Å²) in [5.41, 5.74) is 4.34. The Labute approximate surface area is 185 Å². The topological polar surface area (TPSA) is 42.0 Å². The Bertz CT molecular complexity index is 1280. The van der Waals surface area contributed by atoms with Crippen molar-refractivity contribution in [2.45, 2.75) is 6.04 Å². The highest BCUT2D eigenvalue weighted by atomic mass is 32.1. The van der Waals surface area contributed by atoms with Gasteiger partial charge in [-0.05, 0) is 34.7 Å². The molecule has 0 unspecified atom stereocenters. The Hall–Kier alpha value is -3.76. The fourth-order valence-electron chi connectivity index (χ4n) is 3.77. The van der Waals surface area contributed by atoms with Crippen LogP contribution in [0.3, 0.4) is 0 Å². The predicted molar refractivity (Wildman–Crippen MR) is 127 cm³/mol. The zero-order chi connectivity index (χ0) is 21.0. The third kappa shape index (κ3) is 3.98. The number of nitrogens with one attached hydrogen (secondary N) is 1. The second-order valence-electron chi connectivity index (χ2n) is 7.28. The molecule has 2 aromatic heterocycles. The molecule has 2 heterocycles. The normalized spacial score (nSPS) is 11.0. The quantitative estimate of drug-likeness (QED) is 0.353. The van der Waals surface area contributed by atoms with Crippen LogP contribution < -0.4 is 5.32 Å². The average molecular weight is 421 g/mol. The third-order valence-electron chi connectivity index (χ3n) is 5.28. The van der Waals surface area contributed by atoms with Gasteiger partial charge >= 0.3 is 0 Å². The number of para-hydroxylation sites is 1. The third-order valence-corrected chi connectivity index (χ3v) is 6.17. The maximum Gasteiger partial charge on any atom is 0.252 e. The van der Waals surface area contributed by atoms with E-state index in [9.17, 15) is 4.79 Å². The number of hydrogen-bond donors (Lipinski definition) is 1. The maximum atomic E-state index is 13.6. The predicted octanol–water partition coefficient (Wildman–Crippen LogP) is 6.48. The highest BCUT2D eigenvalue weighted by Gasteiger charge is 2.20. The van der Waals surface area contributed by atoms with E-state index in [0.29, 0.717) is 5.56 Å². The lowest BCUT2D eigenvalue weighted by Gasteiger charge is -2.20. The van der Waals surface area contributed by atoms with Crippen LogP contribution >= 0.6 is 11.3 Å². The second kappa shape index (κ2) is 8.54. The van der Waals surface area contributed by atoms with Crippen LogP contribution in [0.5, 0.6) is 0 Å². The Kier molecular flexibility index (Phi) is 5.29. The lowest BCUT2D eigenvalue weighted by Crippen LogP contribution is -2.29. The smallest absolute Gasteiger partial charge is 0.252 e. The molecular weight excluding hydrogens is 400 g/mol. The fraction of sp³-hybridized carbons (Fsp3) is 0.0370. The summed E-state index contributed by atoms with van der Waals surface area (Å²) in [5, 5.41) is 6.14. The van der Waals surface area contributed by atoms with Gasteiger partial charge in [-0.2, -0.15) is 0 Å². The number of fused-ring (bicyclic) bond motifs is 1. The molecule has 0 saturated carbocycles. The number of carbonyl (C=O) groups excluding carboxylic acids is 1. The molecule has 0 spiro atoms. The molecule has 1 amide bonds. The van der Waals surface area contributed by atoms with Crippen LogP contribution in [0.2, 0.25) is 0 Å². The number of aromatic nitrogens is 1. The van der Waals surface area contributed by atoms with Gasteiger partial charge in [-0.3, -0.25) is 4.79 Å². The van der Waals surface area contributed by atoms with E-state index in [4.69, 9.17) is 4.98 Å². The Morgan fingerprint density at radius 2 is 1.42 bits per heavy atom. The van der Waals surface area contributed by atoms with Crippen molar-refractivity contribution in [1.82, 2.24) is 10.3 Å². The van der Waals surface area contributed by atoms with Gasteiger partial charge in [0.1, 0.15) is 0 Å². The molecule has 0 atom stereocenters. The van der Waals surface area contributed by atoms with Gasteiger partial charge in [0.05, 0.1) is 27.7 Å². The minimum Gasteiger partial charge on any atom is -0.341 e. The number of thiophene rings is 1. The van der Waals surface area contributed by atoms with Crippen LogP contribution in [0, 0.1) is 0 Å². The number of amides is 1. The van der Waals surface area contributed by atoms with Crippen molar-refractivity contribution in [3.05, 3.63) is 125 Å². The van der Waals surface area contributed by atoms with Crippen molar-refractivity contribution in [3.63, 3.8) is 0 Å². The molecule has 0 radical (unpaired) electrons. The first kappa shape index (κ1) is 19.2. The van der Waals surface area contributed by atoms with Gasteiger partial charge < -0.3 is 5.32 Å². The molecule has 0 saturated heterocycles. The number of rotatable bonds is 5. The number of benzene rings is 3. The van der Waals surface area contributed by atoms with E-state index in [2.05, 4.69) is 5.32 Å². The molecule has 0 aliphatic rings. The monoisotopic (exact) mass is 420 g/mol. The minimum absolute atomic E-state index is 0.117. The summed E-state index contributed by atoms with van der Waals surface area (Å²) in [6, 6.07) is 33.6. The van der Waals surface area contributed by atoms with E-state index in [1.807, 2.05) is 109 Å². The van der Waals surface area contributed by atoms with E-state index in [1.165, 1.54) is 0 Å². The molecule has 0 fully saturated rings. The number of nitrogens with zero attached hydrogens (tertiary/aromatic N) is 1. The van der Waals surface area contributed by atoms with E-state index in [1.54, 1.807) is 11.3 Å². The molecule has 3 aromatic carbocycles. The minimum atomic E-state index is -0.244. The highest BCUT2D eigenvalue weighted by molar-refractivity contribution is 7.13. The fourth-order valence-corrected chi connectivity index (χ4v) is 4.46. The standard InChI is InChI=1S/C27H20N2OS/c30-27(29-26(19-10-3-1-4-11-19)20-12-5-2-6-13-20)22-18-24(25-16-9-17-31-25)28-23-15-8-7-14-21(22)23/h1-18,26H,(H,29,30). The summed E-state index contributed by atoms with van der Waals surface area (Å²) >= 11 is 1.62. The molecule has 5 aromatic rings. The summed E-state index contributed by atoms with van der Waals surface area (Å²) in [6.45, 7) is 0. The van der Waals surface area contributed by atoms with E-state index >= 15 is 0 Å². The lowest BCUT2D eigenvalue weighted by molar-refractivity contribution is 0.0944. The summed E-state index contributed by atoms with van der Waals surface area (Å²) in [5.74, 6) is -0.117. The van der Waals surface area contributed by atoms with Gasteiger partial charge in [-0.15, -0.1) is 11.3 Å². The molecule has 3 nitrogen and oxygen atoms in total. The van der Waals surface area contributed by atoms with Gasteiger partial charge in [0.25, 0.3) is 5.91 Å². The van der Waals surface area contributed by atoms with E-state index in [-0.39, 0.29) is 11.9 Å². The average Bonchev–Trinajstić information content (AvgIpc) is 3.38. The Morgan fingerprint density at radius 3 is 2.06 bits per heavy atom. The van der Waals surface area contributed by atoms with Gasteiger partial charge in [0.2, 0.25) is 0 Å². The van der Waals surface area contributed by atoms with Crippen LogP contribution in [-0.2, 0) is 0 Å². The van der Waals surface area contributed by atoms with Crippen molar-refractivity contribution in [2.24, 2.45) is 0 Å². The van der Waals surface area contributed by atoms with E-state index in [0.717, 1.165) is 32.6 Å². The molecule has 1 N–H and O–H groups in total. The Balaban J connectivity index is 1.59. The summed E-state index contributed by atoms with van der Waals surface area (Å²) in [7, 11) is 0. The van der Waals surface area contributed by atoms with Gasteiger partial charge in [-0.25, -0.2) is 4.98 Å². The summed E-state index contributed by atoms with van der Waals surface area (Å²) in [4.78, 5) is 19.4. The van der Waals surface area contributed by atoms with Crippen molar-refractivity contribution >= 4 is 28.1 Å². The molecule has 31 heavy (non-hydrogen) atoms. The molecule has 150 valence electrons. The number of pyridine rings is 1. The van der Waals surface area contributed by atoms with Crippen LogP contribution in [0.25, 0.3) is 21.5 Å². The summed E-state index contributed by atoms with van der Waals surface area (Å²) < 4.78 is 0. The molecule has 0 bridgehead atoms. The van der Waals surface area contributed by atoms with Crippen molar-refractivity contribution in [3.8, 4) is 10.6 Å². The molecule has 5 rings (SSSR count). The van der Waals surface area contributed by atoms with Crippen LogP contribution in [0.4, 0.5) is 0 Å². The SMILES string of the molecule is O=C(NC(c1ccccc1)c1ccccc1)c1cc(-c2cccs2)nc2ccccc12. The summed E-state index contributed by atoms with van der Waals surface area (Å²) in [6.07, 6.45) is 0. The molecule has 0 aliphatic heterocycles. The van der Waals surface area contributed by atoms with E-state index < -0.39 is 0 Å². The van der Waals surface area contributed by atoms with Gasteiger partial charge in [0, 0.05) is 5.39 Å². The van der Waals surface area contributed by atoms with Crippen LogP contribution in [-0.4, -0.2) is 10.9 Å². The highest BCUT2D eigenvalue weighted by Crippen LogP contribution is 2.29. The largest absolute Gasteiger partial charge is 0.341 e. The lowest BCUT2D eigenvalue weighted by atomic mass is 9.97. The first-order valence-corrected chi connectivity index (χ1v) is 11.0. The van der Waals surface area contributed by atoms with Crippen molar-refractivity contribution in [1.29, 1.82) is 0 Å². The van der Waals surface area contributed by atoms with Crippen molar-refractivity contribution < 1.29 is 4.79 Å². The van der Waals surface area contributed by atoms with Crippen LogP contribution in [0.1, 0.15) is 27.5 Å². The number of carbonyl (C=O) groups is 1. The van der Waals surface area contributed by atoms with Crippen LogP contribution in [0.15, 0.2) is 109 Å². The molecular formula is C27H20N2OS. The van der Waals surface area contributed by atoms with Gasteiger partial charge in [-0.1, -0.05) is 84.9 Å². The second-order valence-corrected chi connectivity index (χ2v) is 8.23. The zero-order valence-electron chi connectivity index (χ0n) is 16.7. The first-order valence-electron chi connectivity index (χ1n) is 10.1. The maximum absolute atomic E-state index is 13.6. The van der Waals surface area contributed by atoms with Crippen molar-refractivity contribution in [2.75, 3.05) is 0 Å².